The van der Waals surface area contributed by atoms with Gasteiger partial charge in [-0.25, -0.2) is 4.98 Å². The van der Waals surface area contributed by atoms with Crippen LogP contribution in [0.3, 0.4) is 0 Å². The fourth-order valence-corrected chi connectivity index (χ4v) is 1.66. The van der Waals surface area contributed by atoms with Crippen molar-refractivity contribution in [1.82, 2.24) is 10.3 Å². The van der Waals surface area contributed by atoms with E-state index in [-0.39, 0.29) is 11.4 Å². The third-order valence-corrected chi connectivity index (χ3v) is 2.59. The zero-order valence-corrected chi connectivity index (χ0v) is 10.4. The fourth-order valence-electron chi connectivity index (χ4n) is 1.66. The molecular formula is C14H12N2O4. The summed E-state index contributed by atoms with van der Waals surface area (Å²) in [6, 6.07) is 10.7. The summed E-state index contributed by atoms with van der Waals surface area (Å²) in [6.45, 7) is -0.527. The lowest BCUT2D eigenvalue weighted by Crippen LogP contribution is -2.29. The van der Waals surface area contributed by atoms with Gasteiger partial charge in [-0.2, -0.15) is 0 Å². The maximum Gasteiger partial charge on any atom is 0.322 e. The number of carbonyl (C=O) groups excluding carboxylic acids is 1. The molecule has 0 fully saturated rings. The predicted octanol–water partition coefficient (Wildman–Crippen LogP) is 1.27. The Bertz CT molecular complexity index is 641. The first kappa shape index (κ1) is 13.5. The van der Waals surface area contributed by atoms with Crippen molar-refractivity contribution in [1.29, 1.82) is 0 Å². The number of carbonyl (C=O) groups is 2. The van der Waals surface area contributed by atoms with Gasteiger partial charge in [0.15, 0.2) is 5.69 Å². The van der Waals surface area contributed by atoms with Crippen molar-refractivity contribution in [2.75, 3.05) is 6.54 Å². The molecule has 0 spiro atoms. The molecule has 0 unspecified atom stereocenters. The summed E-state index contributed by atoms with van der Waals surface area (Å²) in [7, 11) is 0. The molecule has 1 amide bonds. The Balaban J connectivity index is 2.22. The molecule has 0 atom stereocenters. The van der Waals surface area contributed by atoms with Gasteiger partial charge in [-0.3, -0.25) is 9.59 Å². The Hall–Kier alpha value is -2.89. The van der Waals surface area contributed by atoms with Gasteiger partial charge in [-0.05, 0) is 11.6 Å². The molecule has 3 N–H and O–H groups in total. The predicted molar refractivity (Wildman–Crippen MR) is 71.3 cm³/mol. The van der Waals surface area contributed by atoms with E-state index >= 15 is 0 Å². The number of amides is 1. The maximum absolute atomic E-state index is 11.6. The van der Waals surface area contributed by atoms with Gasteiger partial charge >= 0.3 is 5.97 Å². The second kappa shape index (κ2) is 5.83. The van der Waals surface area contributed by atoms with Crippen LogP contribution in [0.15, 0.2) is 42.6 Å². The van der Waals surface area contributed by atoms with E-state index < -0.39 is 18.4 Å². The topological polar surface area (TPSA) is 99.5 Å². The molecular weight excluding hydrogens is 260 g/mol. The number of aliphatic carboxylic acids is 1. The number of pyridine rings is 1. The normalized spacial score (nSPS) is 10.0. The highest BCUT2D eigenvalue weighted by molar-refractivity contribution is 5.96. The van der Waals surface area contributed by atoms with Crippen LogP contribution in [0, 0.1) is 0 Å². The van der Waals surface area contributed by atoms with Crippen molar-refractivity contribution in [2.24, 2.45) is 0 Å². The van der Waals surface area contributed by atoms with Crippen LogP contribution >= 0.6 is 0 Å². The largest absolute Gasteiger partial charge is 0.505 e. The zero-order valence-electron chi connectivity index (χ0n) is 10.4. The minimum Gasteiger partial charge on any atom is -0.505 e. The number of nitrogens with zero attached hydrogens (tertiary/aromatic N) is 1. The molecule has 20 heavy (non-hydrogen) atoms. The molecule has 2 rings (SSSR count). The number of aromatic nitrogens is 1. The number of hydrogen-bond acceptors (Lipinski definition) is 4. The van der Waals surface area contributed by atoms with Gasteiger partial charge < -0.3 is 15.5 Å². The minimum atomic E-state index is -1.17. The molecule has 0 saturated carbocycles. The summed E-state index contributed by atoms with van der Waals surface area (Å²) in [5, 5.41) is 20.4. The van der Waals surface area contributed by atoms with Crippen LogP contribution in [0.2, 0.25) is 0 Å². The highest BCUT2D eigenvalue weighted by atomic mass is 16.4. The van der Waals surface area contributed by atoms with E-state index in [1.54, 1.807) is 0 Å². The molecule has 0 radical (unpaired) electrons. The first-order valence-corrected chi connectivity index (χ1v) is 5.82. The average molecular weight is 272 g/mol. The fraction of sp³-hybridized carbons (Fsp3) is 0.0714. The number of carboxylic acids is 1. The second-order valence-electron chi connectivity index (χ2n) is 4.03. The van der Waals surface area contributed by atoms with Gasteiger partial charge in [0.2, 0.25) is 0 Å². The van der Waals surface area contributed by atoms with Crippen LogP contribution in [0.5, 0.6) is 5.75 Å². The third-order valence-electron chi connectivity index (χ3n) is 2.59. The first-order valence-electron chi connectivity index (χ1n) is 5.82. The highest BCUT2D eigenvalue weighted by Gasteiger charge is 2.14. The lowest BCUT2D eigenvalue weighted by Gasteiger charge is -2.06. The molecule has 1 aromatic heterocycles. The van der Waals surface area contributed by atoms with E-state index in [1.165, 1.54) is 12.3 Å². The minimum absolute atomic E-state index is 0.203. The van der Waals surface area contributed by atoms with Crippen LogP contribution in [0.25, 0.3) is 11.1 Å². The van der Waals surface area contributed by atoms with E-state index in [2.05, 4.69) is 10.3 Å². The first-order chi connectivity index (χ1) is 9.58. The number of benzene rings is 1. The molecule has 6 nitrogen and oxygen atoms in total. The summed E-state index contributed by atoms with van der Waals surface area (Å²) in [4.78, 5) is 25.9. The van der Waals surface area contributed by atoms with Crippen molar-refractivity contribution in [3.8, 4) is 16.9 Å². The Morgan fingerprint density at radius 2 is 1.85 bits per heavy atom. The van der Waals surface area contributed by atoms with Crippen molar-refractivity contribution in [3.63, 3.8) is 0 Å². The Morgan fingerprint density at radius 1 is 1.15 bits per heavy atom. The average Bonchev–Trinajstić information content (AvgIpc) is 2.45. The third kappa shape index (κ3) is 3.11. The Morgan fingerprint density at radius 3 is 2.45 bits per heavy atom. The molecule has 6 heteroatoms. The quantitative estimate of drug-likeness (QED) is 0.778. The van der Waals surface area contributed by atoms with Gasteiger partial charge in [0, 0.05) is 11.8 Å². The second-order valence-corrected chi connectivity index (χ2v) is 4.03. The molecule has 0 aliphatic carbocycles. The molecule has 2 aromatic rings. The van der Waals surface area contributed by atoms with Gasteiger partial charge in [0.05, 0.1) is 0 Å². The SMILES string of the molecule is O=C(O)CNC(=O)c1ncc(-c2ccccc2)cc1O. The maximum atomic E-state index is 11.6. The molecule has 0 saturated heterocycles. The van der Waals surface area contributed by atoms with Crippen LogP contribution in [-0.4, -0.2) is 33.6 Å². The van der Waals surface area contributed by atoms with Gasteiger partial charge in [0.1, 0.15) is 12.3 Å². The van der Waals surface area contributed by atoms with Crippen molar-refractivity contribution >= 4 is 11.9 Å². The molecule has 0 aliphatic rings. The lowest BCUT2D eigenvalue weighted by atomic mass is 10.1. The zero-order chi connectivity index (χ0) is 14.5. The monoisotopic (exact) mass is 272 g/mol. The molecule has 1 aromatic carbocycles. The van der Waals surface area contributed by atoms with E-state index in [0.29, 0.717) is 5.56 Å². The van der Waals surface area contributed by atoms with Crippen molar-refractivity contribution in [3.05, 3.63) is 48.3 Å². The summed E-state index contributed by atoms with van der Waals surface area (Å²) in [6.07, 6.45) is 1.45. The number of nitrogens with one attached hydrogen (secondary N) is 1. The van der Waals surface area contributed by atoms with Gasteiger partial charge in [-0.15, -0.1) is 0 Å². The van der Waals surface area contributed by atoms with Crippen molar-refractivity contribution in [2.45, 2.75) is 0 Å². The summed E-state index contributed by atoms with van der Waals surface area (Å²) < 4.78 is 0. The summed E-state index contributed by atoms with van der Waals surface area (Å²) in [5.74, 6) is -2.20. The van der Waals surface area contributed by atoms with Crippen LogP contribution in [0.1, 0.15) is 10.5 Å². The molecule has 0 aliphatic heterocycles. The van der Waals surface area contributed by atoms with Crippen LogP contribution in [0.4, 0.5) is 0 Å². The summed E-state index contributed by atoms with van der Waals surface area (Å²) >= 11 is 0. The number of carboxylic acid groups (broad SMARTS) is 1. The molecule has 1 heterocycles. The number of aromatic hydroxyl groups is 1. The highest BCUT2D eigenvalue weighted by Crippen LogP contribution is 2.24. The van der Waals surface area contributed by atoms with E-state index in [4.69, 9.17) is 5.11 Å². The Kier molecular flexibility index (Phi) is 3.95. The van der Waals surface area contributed by atoms with E-state index in [0.717, 1.165) is 5.56 Å². The summed E-state index contributed by atoms with van der Waals surface area (Å²) in [5.41, 5.74) is 1.32. The Labute approximate surface area is 114 Å². The van der Waals surface area contributed by atoms with Gasteiger partial charge in [0.25, 0.3) is 5.91 Å². The van der Waals surface area contributed by atoms with Crippen molar-refractivity contribution < 1.29 is 19.8 Å². The van der Waals surface area contributed by atoms with Gasteiger partial charge in [-0.1, -0.05) is 30.3 Å². The lowest BCUT2D eigenvalue weighted by molar-refractivity contribution is -0.135. The van der Waals surface area contributed by atoms with E-state index in [9.17, 15) is 14.7 Å². The number of rotatable bonds is 4. The smallest absolute Gasteiger partial charge is 0.322 e. The molecule has 0 bridgehead atoms. The van der Waals surface area contributed by atoms with Crippen LogP contribution in [-0.2, 0) is 4.79 Å². The van der Waals surface area contributed by atoms with E-state index in [1.807, 2.05) is 30.3 Å². The van der Waals surface area contributed by atoms with Crippen LogP contribution < -0.4 is 5.32 Å². The number of hydrogen-bond donors (Lipinski definition) is 3. The standard InChI is InChI=1S/C14H12N2O4/c17-11-6-10(9-4-2-1-3-5-9)7-15-13(11)14(20)16-8-12(18)19/h1-7,17H,8H2,(H,16,20)(H,18,19). The molecule has 102 valence electrons.